The molecule has 0 N–H and O–H groups in total. The molecule has 3 rings (SSSR count). The van der Waals surface area contributed by atoms with Gasteiger partial charge in [0.25, 0.3) is 0 Å². The Morgan fingerprint density at radius 1 is 0.958 bits per heavy atom. The zero-order chi connectivity index (χ0) is 17.1. The van der Waals surface area contributed by atoms with E-state index in [4.69, 9.17) is 9.47 Å². The quantitative estimate of drug-likeness (QED) is 0.491. The summed E-state index contributed by atoms with van der Waals surface area (Å²) >= 11 is 0. The first-order valence-electron chi connectivity index (χ1n) is 7.40. The van der Waals surface area contributed by atoms with Gasteiger partial charge in [-0.1, -0.05) is 6.07 Å². The number of rotatable bonds is 4. The molecule has 0 saturated carbocycles. The number of imide groups is 1. The van der Waals surface area contributed by atoms with E-state index in [1.165, 1.54) is 7.11 Å². The van der Waals surface area contributed by atoms with E-state index in [0.717, 1.165) is 4.90 Å². The van der Waals surface area contributed by atoms with Gasteiger partial charge in [0.05, 0.1) is 18.4 Å². The van der Waals surface area contributed by atoms with Crippen LogP contribution in [0.3, 0.4) is 0 Å². The molecule has 0 aliphatic carbocycles. The maximum absolute atomic E-state index is 12.1. The number of anilines is 1. The highest BCUT2D eigenvalue weighted by Gasteiger charge is 2.30. The van der Waals surface area contributed by atoms with Crippen LogP contribution in [0, 0.1) is 0 Å². The molecule has 0 spiro atoms. The third-order valence-electron chi connectivity index (χ3n) is 3.66. The van der Waals surface area contributed by atoms with Crippen molar-refractivity contribution in [3.63, 3.8) is 0 Å². The molecule has 6 heteroatoms. The van der Waals surface area contributed by atoms with E-state index in [1.807, 2.05) is 0 Å². The van der Waals surface area contributed by atoms with Crippen molar-refractivity contribution in [2.45, 2.75) is 12.8 Å². The third kappa shape index (κ3) is 3.12. The van der Waals surface area contributed by atoms with Gasteiger partial charge in [0.1, 0.15) is 11.5 Å². The van der Waals surface area contributed by atoms with Gasteiger partial charge in [-0.15, -0.1) is 0 Å². The average molecular weight is 325 g/mol. The number of hydrogen-bond donors (Lipinski definition) is 0. The van der Waals surface area contributed by atoms with Crippen LogP contribution in [-0.4, -0.2) is 24.9 Å². The lowest BCUT2D eigenvalue weighted by atomic mass is 10.2. The predicted molar refractivity (Wildman–Crippen MR) is 86.1 cm³/mol. The fraction of sp³-hybridized carbons (Fsp3) is 0.167. The Morgan fingerprint density at radius 2 is 1.62 bits per heavy atom. The number of nitrogens with zero attached hydrogens (tertiary/aromatic N) is 1. The van der Waals surface area contributed by atoms with Crippen LogP contribution >= 0.6 is 0 Å². The first-order chi connectivity index (χ1) is 11.6. The van der Waals surface area contributed by atoms with Crippen molar-refractivity contribution in [2.75, 3.05) is 12.0 Å². The molecule has 2 amide bonds. The Bertz CT molecular complexity index is 781. The molecule has 6 nitrogen and oxygen atoms in total. The van der Waals surface area contributed by atoms with E-state index in [2.05, 4.69) is 0 Å². The molecule has 2 aromatic carbocycles. The van der Waals surface area contributed by atoms with E-state index in [1.54, 1.807) is 48.5 Å². The van der Waals surface area contributed by atoms with Crippen molar-refractivity contribution in [1.82, 2.24) is 0 Å². The summed E-state index contributed by atoms with van der Waals surface area (Å²) in [5.41, 5.74) is 0.840. The van der Waals surface area contributed by atoms with Crippen LogP contribution in [-0.2, 0) is 9.59 Å². The molecule has 122 valence electrons. The molecule has 0 aromatic heterocycles. The average Bonchev–Trinajstić information content (AvgIpc) is 2.94. The number of hydrogen-bond acceptors (Lipinski definition) is 5. The summed E-state index contributed by atoms with van der Waals surface area (Å²) < 4.78 is 10.4. The second-order valence-electron chi connectivity index (χ2n) is 5.24. The van der Waals surface area contributed by atoms with Gasteiger partial charge in [0.2, 0.25) is 11.8 Å². The predicted octanol–water partition coefficient (Wildman–Crippen LogP) is 2.57. The molecular formula is C18H15NO5. The Morgan fingerprint density at radius 3 is 2.25 bits per heavy atom. The van der Waals surface area contributed by atoms with Crippen LogP contribution in [0.5, 0.6) is 11.5 Å². The zero-order valence-electron chi connectivity index (χ0n) is 13.0. The number of benzene rings is 2. The number of carbonyl (C=O) groups excluding carboxylic acids is 3. The first-order valence-corrected chi connectivity index (χ1v) is 7.40. The highest BCUT2D eigenvalue weighted by atomic mass is 16.5. The van der Waals surface area contributed by atoms with Crippen LogP contribution in [0.25, 0.3) is 0 Å². The second kappa shape index (κ2) is 6.54. The topological polar surface area (TPSA) is 72.9 Å². The first kappa shape index (κ1) is 15.7. The van der Waals surface area contributed by atoms with Gasteiger partial charge in [0, 0.05) is 12.8 Å². The van der Waals surface area contributed by atoms with Crippen LogP contribution in [0.15, 0.2) is 48.5 Å². The Labute approximate surface area is 138 Å². The maximum atomic E-state index is 12.1. The zero-order valence-corrected chi connectivity index (χ0v) is 13.0. The minimum Gasteiger partial charge on any atom is -0.497 e. The SMILES string of the molecule is COc1cccc(C(=O)Oc2ccc(N3C(=O)CCC3=O)cc2)c1. The highest BCUT2D eigenvalue weighted by Crippen LogP contribution is 2.25. The van der Waals surface area contributed by atoms with Gasteiger partial charge in [-0.25, -0.2) is 4.79 Å². The monoisotopic (exact) mass is 325 g/mol. The van der Waals surface area contributed by atoms with Crippen molar-refractivity contribution >= 4 is 23.5 Å². The van der Waals surface area contributed by atoms with E-state index < -0.39 is 5.97 Å². The fourth-order valence-electron chi connectivity index (χ4n) is 2.44. The van der Waals surface area contributed by atoms with Gasteiger partial charge in [0.15, 0.2) is 0 Å². The number of carbonyl (C=O) groups is 3. The lowest BCUT2D eigenvalue weighted by Gasteiger charge is -2.14. The minimum absolute atomic E-state index is 0.221. The Hall–Kier alpha value is -3.15. The number of amides is 2. The summed E-state index contributed by atoms with van der Waals surface area (Å²) in [6.45, 7) is 0. The second-order valence-corrected chi connectivity index (χ2v) is 5.24. The largest absolute Gasteiger partial charge is 0.497 e. The van der Waals surface area contributed by atoms with Gasteiger partial charge >= 0.3 is 5.97 Å². The molecule has 24 heavy (non-hydrogen) atoms. The minimum atomic E-state index is -0.519. The molecule has 0 unspecified atom stereocenters. The van der Waals surface area contributed by atoms with Gasteiger partial charge in [-0.2, -0.15) is 0 Å². The summed E-state index contributed by atoms with van der Waals surface area (Å²) in [4.78, 5) is 36.7. The molecule has 1 aliphatic rings. The van der Waals surface area contributed by atoms with Crippen LogP contribution in [0.1, 0.15) is 23.2 Å². The Balaban J connectivity index is 1.73. The molecular weight excluding hydrogens is 310 g/mol. The van der Waals surface area contributed by atoms with Gasteiger partial charge < -0.3 is 9.47 Å². The summed E-state index contributed by atoms with van der Waals surface area (Å²) in [5, 5.41) is 0. The van der Waals surface area contributed by atoms with Crippen molar-refractivity contribution in [2.24, 2.45) is 0 Å². The van der Waals surface area contributed by atoms with E-state index >= 15 is 0 Å². The summed E-state index contributed by atoms with van der Waals surface area (Å²) in [6.07, 6.45) is 0.455. The van der Waals surface area contributed by atoms with Crippen molar-refractivity contribution in [1.29, 1.82) is 0 Å². The number of esters is 1. The Kier molecular flexibility index (Phi) is 4.29. The van der Waals surface area contributed by atoms with Gasteiger partial charge in [-0.05, 0) is 42.5 Å². The highest BCUT2D eigenvalue weighted by molar-refractivity contribution is 6.19. The number of ether oxygens (including phenoxy) is 2. The molecule has 0 bridgehead atoms. The van der Waals surface area contributed by atoms with E-state index in [-0.39, 0.29) is 24.7 Å². The van der Waals surface area contributed by atoms with Crippen LogP contribution < -0.4 is 14.4 Å². The standard InChI is InChI=1S/C18H15NO5/c1-23-15-4-2-3-12(11-15)18(22)24-14-7-5-13(6-8-14)19-16(20)9-10-17(19)21/h2-8,11H,9-10H2,1H3. The molecule has 1 heterocycles. The van der Waals surface area contributed by atoms with E-state index in [9.17, 15) is 14.4 Å². The number of methoxy groups -OCH3 is 1. The molecule has 1 saturated heterocycles. The normalized spacial score (nSPS) is 14.0. The summed E-state index contributed by atoms with van der Waals surface area (Å²) in [6, 6.07) is 12.9. The van der Waals surface area contributed by atoms with Crippen LogP contribution in [0.4, 0.5) is 5.69 Å². The summed E-state index contributed by atoms with van der Waals surface area (Å²) in [5.74, 6) is -0.0752. The van der Waals surface area contributed by atoms with Gasteiger partial charge in [-0.3, -0.25) is 14.5 Å². The van der Waals surface area contributed by atoms with Crippen molar-refractivity contribution in [3.05, 3.63) is 54.1 Å². The summed E-state index contributed by atoms with van der Waals surface area (Å²) in [7, 11) is 1.52. The molecule has 1 fully saturated rings. The lowest BCUT2D eigenvalue weighted by molar-refractivity contribution is -0.121. The molecule has 1 aliphatic heterocycles. The van der Waals surface area contributed by atoms with Crippen molar-refractivity contribution in [3.8, 4) is 11.5 Å². The van der Waals surface area contributed by atoms with E-state index in [0.29, 0.717) is 22.7 Å². The maximum Gasteiger partial charge on any atom is 0.343 e. The van der Waals surface area contributed by atoms with Crippen LogP contribution in [0.2, 0.25) is 0 Å². The lowest BCUT2D eigenvalue weighted by Crippen LogP contribution is -2.28. The van der Waals surface area contributed by atoms with Crippen molar-refractivity contribution < 1.29 is 23.9 Å². The molecule has 0 radical (unpaired) electrons. The molecule has 0 atom stereocenters. The fourth-order valence-corrected chi connectivity index (χ4v) is 2.44. The molecule has 2 aromatic rings. The smallest absolute Gasteiger partial charge is 0.343 e. The third-order valence-corrected chi connectivity index (χ3v) is 3.66.